The molecule has 0 bridgehead atoms. The third kappa shape index (κ3) is 4.03. The van der Waals surface area contributed by atoms with Crippen LogP contribution in [-0.4, -0.2) is 35.8 Å². The second kappa shape index (κ2) is 7.62. The van der Waals surface area contributed by atoms with Gasteiger partial charge in [-0.2, -0.15) is 0 Å². The minimum absolute atomic E-state index is 0.0335. The maximum Gasteiger partial charge on any atom is 0.263 e. The first-order valence-electron chi connectivity index (χ1n) is 8.30. The molecule has 0 spiro atoms. The number of hydrogen-bond acceptors (Lipinski definition) is 3. The zero-order valence-electron chi connectivity index (χ0n) is 13.8. The Bertz CT molecular complexity index is 679. The number of thiophene rings is 1. The molecule has 0 unspecified atom stereocenters. The van der Waals surface area contributed by atoms with Gasteiger partial charge < -0.3 is 10.2 Å². The number of hydrogen-bond donors (Lipinski definition) is 1. The number of amides is 2. The van der Waals surface area contributed by atoms with Crippen LogP contribution in [0.1, 0.15) is 28.6 Å². The molecule has 1 saturated heterocycles. The number of rotatable bonds is 6. The molecule has 1 aliphatic heterocycles. The van der Waals surface area contributed by atoms with Gasteiger partial charge in [-0.05, 0) is 36.8 Å². The molecule has 4 nitrogen and oxygen atoms in total. The highest BCUT2D eigenvalue weighted by molar-refractivity contribution is 7.12. The zero-order valence-corrected chi connectivity index (χ0v) is 14.6. The summed E-state index contributed by atoms with van der Waals surface area (Å²) in [6, 6.07) is 14.1. The Morgan fingerprint density at radius 1 is 1.21 bits per heavy atom. The molecule has 1 aromatic carbocycles. The van der Waals surface area contributed by atoms with Crippen molar-refractivity contribution in [3.05, 3.63) is 58.3 Å². The second-order valence-electron chi connectivity index (χ2n) is 6.32. The van der Waals surface area contributed by atoms with E-state index < -0.39 is 0 Å². The Kier molecular flexibility index (Phi) is 5.30. The lowest BCUT2D eigenvalue weighted by Crippen LogP contribution is -2.56. The van der Waals surface area contributed by atoms with E-state index in [4.69, 9.17) is 0 Å². The molecule has 1 N–H and O–H groups in total. The summed E-state index contributed by atoms with van der Waals surface area (Å²) in [5.74, 6) is 0.0186. The van der Waals surface area contributed by atoms with Gasteiger partial charge in [-0.3, -0.25) is 9.59 Å². The molecule has 1 aromatic heterocycles. The number of nitrogens with zero attached hydrogens (tertiary/aromatic N) is 1. The van der Waals surface area contributed by atoms with Crippen LogP contribution < -0.4 is 5.32 Å². The molecule has 0 saturated carbocycles. The Balaban J connectivity index is 1.39. The highest BCUT2D eigenvalue weighted by atomic mass is 32.1. The number of benzene rings is 1. The number of aryl methyl sites for hydroxylation is 1. The van der Waals surface area contributed by atoms with Gasteiger partial charge in [0.2, 0.25) is 5.91 Å². The number of likely N-dealkylation sites (tertiary alicyclic amines) is 1. The summed E-state index contributed by atoms with van der Waals surface area (Å²) in [7, 11) is 0. The summed E-state index contributed by atoms with van der Waals surface area (Å²) in [5.41, 5.74) is 1.29. The molecule has 5 heteroatoms. The van der Waals surface area contributed by atoms with Gasteiger partial charge in [0.25, 0.3) is 5.91 Å². The van der Waals surface area contributed by atoms with E-state index in [0.29, 0.717) is 13.1 Å². The predicted molar refractivity (Wildman–Crippen MR) is 96.1 cm³/mol. The molecule has 126 valence electrons. The number of carbonyl (C=O) groups excluding carboxylic acids is 2. The van der Waals surface area contributed by atoms with Crippen LogP contribution in [0.25, 0.3) is 0 Å². The first-order chi connectivity index (χ1) is 11.6. The summed E-state index contributed by atoms with van der Waals surface area (Å²) in [6.45, 7) is 3.08. The van der Waals surface area contributed by atoms with Crippen LogP contribution in [0.5, 0.6) is 0 Å². The Hall–Kier alpha value is -2.14. The SMILES string of the molecule is C[C@@H](CCc1ccccc1)NC(=O)C1CN(C(=O)c2cccs2)C1. The molecule has 2 amide bonds. The van der Waals surface area contributed by atoms with Crippen molar-refractivity contribution in [2.24, 2.45) is 5.92 Å². The monoisotopic (exact) mass is 342 g/mol. The average Bonchev–Trinajstić information content (AvgIpc) is 3.07. The summed E-state index contributed by atoms with van der Waals surface area (Å²) >= 11 is 1.44. The quantitative estimate of drug-likeness (QED) is 0.877. The van der Waals surface area contributed by atoms with E-state index >= 15 is 0 Å². The molecular weight excluding hydrogens is 320 g/mol. The maximum atomic E-state index is 12.3. The third-order valence-electron chi connectivity index (χ3n) is 4.37. The Morgan fingerprint density at radius 3 is 2.62 bits per heavy atom. The molecule has 0 radical (unpaired) electrons. The minimum Gasteiger partial charge on any atom is -0.353 e. The lowest BCUT2D eigenvalue weighted by Gasteiger charge is -2.38. The smallest absolute Gasteiger partial charge is 0.263 e. The van der Waals surface area contributed by atoms with Crippen LogP contribution >= 0.6 is 11.3 Å². The van der Waals surface area contributed by atoms with Crippen molar-refractivity contribution in [1.82, 2.24) is 10.2 Å². The fourth-order valence-corrected chi connectivity index (χ4v) is 3.52. The lowest BCUT2D eigenvalue weighted by atomic mass is 9.98. The van der Waals surface area contributed by atoms with Crippen molar-refractivity contribution in [3.8, 4) is 0 Å². The topological polar surface area (TPSA) is 49.4 Å². The number of carbonyl (C=O) groups is 2. The van der Waals surface area contributed by atoms with E-state index in [9.17, 15) is 9.59 Å². The molecule has 0 aliphatic carbocycles. The molecule has 1 aliphatic rings. The van der Waals surface area contributed by atoms with Crippen LogP contribution in [0.4, 0.5) is 0 Å². The van der Waals surface area contributed by atoms with Crippen LogP contribution in [0.2, 0.25) is 0 Å². The van der Waals surface area contributed by atoms with Gasteiger partial charge in [0.05, 0.1) is 10.8 Å². The maximum absolute atomic E-state index is 12.3. The molecule has 1 atom stereocenters. The van der Waals surface area contributed by atoms with E-state index in [0.717, 1.165) is 17.7 Å². The van der Waals surface area contributed by atoms with Crippen molar-refractivity contribution in [2.75, 3.05) is 13.1 Å². The van der Waals surface area contributed by atoms with Gasteiger partial charge in [0, 0.05) is 19.1 Å². The van der Waals surface area contributed by atoms with Crippen LogP contribution in [0.15, 0.2) is 47.8 Å². The third-order valence-corrected chi connectivity index (χ3v) is 5.23. The molecule has 1 fully saturated rings. The van der Waals surface area contributed by atoms with Crippen molar-refractivity contribution in [2.45, 2.75) is 25.8 Å². The van der Waals surface area contributed by atoms with Gasteiger partial charge >= 0.3 is 0 Å². The summed E-state index contributed by atoms with van der Waals surface area (Å²) < 4.78 is 0. The second-order valence-corrected chi connectivity index (χ2v) is 7.27. The predicted octanol–water partition coefficient (Wildman–Crippen LogP) is 2.96. The van der Waals surface area contributed by atoms with E-state index in [2.05, 4.69) is 17.4 Å². The lowest BCUT2D eigenvalue weighted by molar-refractivity contribution is -0.129. The van der Waals surface area contributed by atoms with Crippen LogP contribution in [-0.2, 0) is 11.2 Å². The zero-order chi connectivity index (χ0) is 16.9. The van der Waals surface area contributed by atoms with E-state index in [1.165, 1.54) is 16.9 Å². The van der Waals surface area contributed by atoms with Crippen molar-refractivity contribution in [3.63, 3.8) is 0 Å². The van der Waals surface area contributed by atoms with E-state index in [-0.39, 0.29) is 23.8 Å². The molecular formula is C19H22N2O2S. The Labute approximate surface area is 146 Å². The highest BCUT2D eigenvalue weighted by Gasteiger charge is 2.36. The highest BCUT2D eigenvalue weighted by Crippen LogP contribution is 2.21. The van der Waals surface area contributed by atoms with E-state index in [1.807, 2.05) is 42.6 Å². The molecule has 2 heterocycles. The van der Waals surface area contributed by atoms with Gasteiger partial charge in [-0.15, -0.1) is 11.3 Å². The fraction of sp³-hybridized carbons (Fsp3) is 0.368. The van der Waals surface area contributed by atoms with Crippen LogP contribution in [0.3, 0.4) is 0 Å². The normalized spacial score (nSPS) is 15.6. The summed E-state index contributed by atoms with van der Waals surface area (Å²) in [5, 5.41) is 4.97. The van der Waals surface area contributed by atoms with Crippen molar-refractivity contribution in [1.29, 1.82) is 0 Å². The first kappa shape index (κ1) is 16.7. The van der Waals surface area contributed by atoms with Gasteiger partial charge in [0.15, 0.2) is 0 Å². The molecule has 24 heavy (non-hydrogen) atoms. The number of nitrogens with one attached hydrogen (secondary N) is 1. The standard InChI is InChI=1S/C19H22N2O2S/c1-14(9-10-15-6-3-2-4-7-15)20-18(22)16-12-21(13-16)19(23)17-8-5-11-24-17/h2-8,11,14,16H,9-10,12-13H2,1H3,(H,20,22)/t14-/m0/s1. The Morgan fingerprint density at radius 2 is 1.96 bits per heavy atom. The first-order valence-corrected chi connectivity index (χ1v) is 9.18. The summed E-state index contributed by atoms with van der Waals surface area (Å²) in [4.78, 5) is 26.9. The molecule has 3 rings (SSSR count). The fourth-order valence-electron chi connectivity index (χ4n) is 2.83. The van der Waals surface area contributed by atoms with Gasteiger partial charge in [0.1, 0.15) is 0 Å². The summed E-state index contributed by atoms with van der Waals surface area (Å²) in [6.07, 6.45) is 1.87. The molecule has 2 aromatic rings. The van der Waals surface area contributed by atoms with Gasteiger partial charge in [-0.25, -0.2) is 0 Å². The largest absolute Gasteiger partial charge is 0.353 e. The minimum atomic E-state index is -0.0758. The van der Waals surface area contributed by atoms with Gasteiger partial charge in [-0.1, -0.05) is 36.4 Å². The van der Waals surface area contributed by atoms with E-state index in [1.54, 1.807) is 4.90 Å². The van der Waals surface area contributed by atoms with Crippen molar-refractivity contribution < 1.29 is 9.59 Å². The average molecular weight is 342 g/mol. The van der Waals surface area contributed by atoms with Crippen LogP contribution in [0, 0.1) is 5.92 Å². The van der Waals surface area contributed by atoms with Crippen molar-refractivity contribution >= 4 is 23.2 Å².